The molecule has 0 aromatic heterocycles. The Labute approximate surface area is 226 Å². The van der Waals surface area contributed by atoms with E-state index in [9.17, 15) is 39.6 Å². The number of rotatable bonds is 8. The number of ether oxygens (including phenoxy) is 1. The van der Waals surface area contributed by atoms with Crippen molar-refractivity contribution in [1.82, 2.24) is 0 Å². The maximum absolute atomic E-state index is 12.8. The third-order valence-corrected chi connectivity index (χ3v) is 7.97. The fourth-order valence-electron chi connectivity index (χ4n) is 3.08. The van der Waals surface area contributed by atoms with Gasteiger partial charge in [0.05, 0.1) is 25.9 Å². The summed E-state index contributed by atoms with van der Waals surface area (Å²) in [5.41, 5.74) is -1.21. The number of sulfonamides is 1. The standard InChI is InChI=1S/C24H20ClF3N2O7S2/c1-14(22(31)29-16-5-3-15(4-6-16)24(26,27)28)37-23(32)20-13-19(11-12-21(20)25)39(35,36)30-17-7-9-18(10-8-17)38(2,33)34/h3-14,30H,1-2H3,(H,29,31). The van der Waals surface area contributed by atoms with Crippen molar-refractivity contribution in [1.29, 1.82) is 0 Å². The number of alkyl halides is 3. The molecule has 0 bridgehead atoms. The number of sulfone groups is 1. The molecule has 0 saturated heterocycles. The van der Waals surface area contributed by atoms with Gasteiger partial charge in [0, 0.05) is 17.6 Å². The van der Waals surface area contributed by atoms with Crippen LogP contribution in [0.1, 0.15) is 22.8 Å². The smallest absolute Gasteiger partial charge is 0.416 e. The predicted molar refractivity (Wildman–Crippen MR) is 137 cm³/mol. The van der Waals surface area contributed by atoms with Crippen molar-refractivity contribution in [2.75, 3.05) is 16.3 Å². The molecule has 0 aliphatic rings. The molecular formula is C24H20ClF3N2O7S2. The summed E-state index contributed by atoms with van der Waals surface area (Å²) in [6, 6.07) is 11.7. The molecule has 15 heteroatoms. The van der Waals surface area contributed by atoms with Crippen LogP contribution in [0.4, 0.5) is 24.5 Å². The molecule has 2 N–H and O–H groups in total. The van der Waals surface area contributed by atoms with Crippen molar-refractivity contribution >= 4 is 54.7 Å². The molecule has 1 atom stereocenters. The highest BCUT2D eigenvalue weighted by molar-refractivity contribution is 7.92. The molecule has 0 spiro atoms. The third-order valence-electron chi connectivity index (χ3n) is 5.14. The summed E-state index contributed by atoms with van der Waals surface area (Å²) in [6.45, 7) is 1.20. The van der Waals surface area contributed by atoms with Crippen LogP contribution in [-0.4, -0.2) is 41.1 Å². The Bertz CT molecular complexity index is 1610. The van der Waals surface area contributed by atoms with E-state index >= 15 is 0 Å². The molecule has 0 fully saturated rings. The van der Waals surface area contributed by atoms with E-state index in [0.29, 0.717) is 0 Å². The molecule has 0 heterocycles. The molecule has 3 aromatic carbocycles. The Hall–Kier alpha value is -3.62. The van der Waals surface area contributed by atoms with Crippen LogP contribution in [0.15, 0.2) is 76.5 Å². The van der Waals surface area contributed by atoms with Gasteiger partial charge in [-0.05, 0) is 73.7 Å². The van der Waals surface area contributed by atoms with Crippen LogP contribution < -0.4 is 10.0 Å². The summed E-state index contributed by atoms with van der Waals surface area (Å²) >= 11 is 6.04. The van der Waals surface area contributed by atoms with E-state index in [-0.39, 0.29) is 31.8 Å². The highest BCUT2D eigenvalue weighted by Crippen LogP contribution is 2.30. The summed E-state index contributed by atoms with van der Waals surface area (Å²) < 4.78 is 94.2. The van der Waals surface area contributed by atoms with Gasteiger partial charge in [0.2, 0.25) is 0 Å². The van der Waals surface area contributed by atoms with E-state index in [1.165, 1.54) is 31.2 Å². The number of carbonyl (C=O) groups is 2. The SMILES string of the molecule is CC(OC(=O)c1cc(S(=O)(=O)Nc2ccc(S(C)(=O)=O)cc2)ccc1Cl)C(=O)Nc1ccc(C(F)(F)F)cc1. The number of nitrogens with one attached hydrogen (secondary N) is 2. The largest absolute Gasteiger partial charge is 0.449 e. The zero-order valence-corrected chi connectivity index (χ0v) is 22.5. The number of carbonyl (C=O) groups excluding carboxylic acids is 2. The first kappa shape index (κ1) is 29.9. The lowest BCUT2D eigenvalue weighted by atomic mass is 10.2. The number of esters is 1. The van der Waals surface area contributed by atoms with Crippen molar-refractivity contribution in [2.24, 2.45) is 0 Å². The number of amides is 1. The lowest BCUT2D eigenvalue weighted by Gasteiger charge is -2.15. The lowest BCUT2D eigenvalue weighted by Crippen LogP contribution is -2.30. The van der Waals surface area contributed by atoms with E-state index in [1.807, 2.05) is 0 Å². The zero-order valence-electron chi connectivity index (χ0n) is 20.1. The number of hydrogen-bond acceptors (Lipinski definition) is 7. The number of halogens is 4. The van der Waals surface area contributed by atoms with Gasteiger partial charge in [-0.1, -0.05) is 11.6 Å². The van der Waals surface area contributed by atoms with Gasteiger partial charge in [-0.15, -0.1) is 0 Å². The molecular weight excluding hydrogens is 585 g/mol. The maximum atomic E-state index is 12.8. The first-order chi connectivity index (χ1) is 18.0. The first-order valence-corrected chi connectivity index (χ1v) is 14.5. The summed E-state index contributed by atoms with van der Waals surface area (Å²) in [7, 11) is -7.75. The van der Waals surface area contributed by atoms with Gasteiger partial charge in [0.15, 0.2) is 15.9 Å². The molecule has 3 aromatic rings. The van der Waals surface area contributed by atoms with E-state index < -0.39 is 49.6 Å². The zero-order chi connectivity index (χ0) is 29.2. The predicted octanol–water partition coefficient (Wildman–Crippen LogP) is 4.75. The van der Waals surface area contributed by atoms with Crippen LogP contribution in [0.5, 0.6) is 0 Å². The summed E-state index contributed by atoms with van der Waals surface area (Å²) in [5, 5.41) is 2.13. The van der Waals surface area contributed by atoms with Crippen LogP contribution in [-0.2, 0) is 35.6 Å². The van der Waals surface area contributed by atoms with Gasteiger partial charge in [0.1, 0.15) is 0 Å². The van der Waals surface area contributed by atoms with Gasteiger partial charge >= 0.3 is 12.1 Å². The maximum Gasteiger partial charge on any atom is 0.416 e. The average Bonchev–Trinajstić information content (AvgIpc) is 2.83. The number of anilines is 2. The number of benzene rings is 3. The second-order valence-electron chi connectivity index (χ2n) is 8.16. The Kier molecular flexibility index (Phi) is 8.63. The molecule has 0 radical (unpaired) electrons. The van der Waals surface area contributed by atoms with Gasteiger partial charge in [-0.2, -0.15) is 13.2 Å². The van der Waals surface area contributed by atoms with Crippen LogP contribution in [0.25, 0.3) is 0 Å². The average molecular weight is 605 g/mol. The Balaban J connectivity index is 1.72. The normalized spacial score (nSPS) is 12.9. The molecule has 208 valence electrons. The van der Waals surface area contributed by atoms with Crippen molar-refractivity contribution in [3.63, 3.8) is 0 Å². The van der Waals surface area contributed by atoms with Crippen LogP contribution in [0.2, 0.25) is 5.02 Å². The summed E-state index contributed by atoms with van der Waals surface area (Å²) in [6.07, 6.45) is -4.98. The highest BCUT2D eigenvalue weighted by Gasteiger charge is 2.30. The van der Waals surface area contributed by atoms with E-state index in [1.54, 1.807) is 0 Å². The minimum Gasteiger partial charge on any atom is -0.449 e. The molecule has 1 amide bonds. The molecule has 9 nitrogen and oxygen atoms in total. The van der Waals surface area contributed by atoms with Crippen LogP contribution >= 0.6 is 11.6 Å². The van der Waals surface area contributed by atoms with Gasteiger partial charge < -0.3 is 10.1 Å². The highest BCUT2D eigenvalue weighted by atomic mass is 35.5. The summed E-state index contributed by atoms with van der Waals surface area (Å²) in [4.78, 5) is 24.7. The fraction of sp³-hybridized carbons (Fsp3) is 0.167. The fourth-order valence-corrected chi connectivity index (χ4v) is 4.99. The lowest BCUT2D eigenvalue weighted by molar-refractivity contribution is -0.137. The monoisotopic (exact) mass is 604 g/mol. The Morgan fingerprint density at radius 3 is 1.95 bits per heavy atom. The molecule has 0 aliphatic heterocycles. The van der Waals surface area contributed by atoms with Crippen molar-refractivity contribution < 1.29 is 44.3 Å². The minimum absolute atomic E-state index is 0.0153. The minimum atomic E-state index is -4.55. The van der Waals surface area contributed by atoms with Gasteiger partial charge in [-0.3, -0.25) is 9.52 Å². The first-order valence-electron chi connectivity index (χ1n) is 10.8. The Morgan fingerprint density at radius 2 is 1.41 bits per heavy atom. The second kappa shape index (κ2) is 11.2. The van der Waals surface area contributed by atoms with Crippen molar-refractivity contribution in [3.05, 3.63) is 82.9 Å². The van der Waals surface area contributed by atoms with Crippen molar-refractivity contribution in [3.8, 4) is 0 Å². The van der Waals surface area contributed by atoms with E-state index in [0.717, 1.165) is 48.7 Å². The quantitative estimate of drug-likeness (QED) is 0.354. The Morgan fingerprint density at radius 1 is 0.872 bits per heavy atom. The van der Waals surface area contributed by atoms with E-state index in [2.05, 4.69) is 10.0 Å². The molecule has 1 unspecified atom stereocenters. The number of hydrogen-bond donors (Lipinski definition) is 2. The molecule has 3 rings (SSSR count). The topological polar surface area (TPSA) is 136 Å². The molecule has 0 aliphatic carbocycles. The van der Waals surface area contributed by atoms with Crippen LogP contribution in [0.3, 0.4) is 0 Å². The van der Waals surface area contributed by atoms with Gasteiger partial charge in [0.25, 0.3) is 15.9 Å². The molecule has 0 saturated carbocycles. The van der Waals surface area contributed by atoms with Gasteiger partial charge in [-0.25, -0.2) is 21.6 Å². The summed E-state index contributed by atoms with van der Waals surface area (Å²) in [5.74, 6) is -1.99. The second-order valence-corrected chi connectivity index (χ2v) is 12.3. The van der Waals surface area contributed by atoms with Crippen LogP contribution in [0, 0.1) is 0 Å². The third kappa shape index (κ3) is 7.71. The van der Waals surface area contributed by atoms with Crippen molar-refractivity contribution in [2.45, 2.75) is 29.0 Å². The van der Waals surface area contributed by atoms with E-state index in [4.69, 9.17) is 16.3 Å². The molecule has 39 heavy (non-hydrogen) atoms.